The Hall–Kier alpha value is -3.43. The van der Waals surface area contributed by atoms with Crippen molar-refractivity contribution >= 4 is 73.8 Å². The van der Waals surface area contributed by atoms with Gasteiger partial charge in [-0.1, -0.05) is 6.07 Å². The molecule has 46 heavy (non-hydrogen) atoms. The third-order valence-electron chi connectivity index (χ3n) is 7.00. The molecule has 4 aromatic rings. The molecule has 0 fully saturated rings. The van der Waals surface area contributed by atoms with Gasteiger partial charge in [0.05, 0.1) is 39.3 Å². The van der Waals surface area contributed by atoms with Crippen molar-refractivity contribution < 1.29 is 56.3 Å². The number of hydrogen-bond acceptors (Lipinski definition) is 10. The maximum absolute atomic E-state index is 12.6. The number of hydrogen-bond donors (Lipinski definition) is 6. The van der Waals surface area contributed by atoms with Crippen LogP contribution in [0, 0.1) is 13.8 Å². The lowest BCUT2D eigenvalue weighted by molar-refractivity contribution is 0.478. The number of anilines is 2. The highest BCUT2D eigenvalue weighted by Crippen LogP contribution is 2.43. The normalized spacial score (nSPS) is 12.9. The molecule has 0 aliphatic rings. The van der Waals surface area contributed by atoms with Crippen molar-refractivity contribution in [2.45, 2.75) is 36.5 Å². The van der Waals surface area contributed by atoms with Gasteiger partial charge in [-0.25, -0.2) is 4.42 Å². The molecule has 0 unspecified atom stereocenters. The lowest BCUT2D eigenvalue weighted by atomic mass is 9.94. The van der Waals surface area contributed by atoms with Crippen molar-refractivity contribution in [1.82, 2.24) is 0 Å². The number of benzene rings is 3. The molecule has 0 spiro atoms. The number of fused-ring (bicyclic) bond motifs is 2. The average molecular weight is 720 g/mol. The summed E-state index contributed by atoms with van der Waals surface area (Å²) in [5, 5.41) is 6.83. The van der Waals surface area contributed by atoms with Crippen LogP contribution in [-0.2, 0) is 40.5 Å². The predicted octanol–water partition coefficient (Wildman–Crippen LogP) is 4.02. The Bertz CT molecular complexity index is 2180. The van der Waals surface area contributed by atoms with E-state index in [1.807, 2.05) is 0 Å². The van der Waals surface area contributed by atoms with Crippen LogP contribution in [0.15, 0.2) is 56.7 Å². The number of nitrogens with one attached hydrogen (secondary N) is 2. The third kappa shape index (κ3) is 8.68. The minimum absolute atomic E-state index is 0.0835. The predicted molar refractivity (Wildman–Crippen MR) is 172 cm³/mol. The molecule has 250 valence electrons. The molecule has 0 saturated carbocycles. The highest BCUT2D eigenvalue weighted by atomic mass is 32.2. The van der Waals surface area contributed by atoms with Crippen molar-refractivity contribution in [3.05, 3.63) is 53.6 Å². The van der Waals surface area contributed by atoms with Gasteiger partial charge in [0.15, 0.2) is 0 Å². The zero-order valence-electron chi connectivity index (χ0n) is 24.4. The summed E-state index contributed by atoms with van der Waals surface area (Å²) in [4.78, 5) is -1.57. The van der Waals surface area contributed by atoms with E-state index in [1.165, 1.54) is 0 Å². The van der Waals surface area contributed by atoms with Crippen LogP contribution < -0.4 is 10.6 Å². The van der Waals surface area contributed by atoms with Crippen LogP contribution in [0.25, 0.3) is 33.1 Å². The van der Waals surface area contributed by atoms with E-state index in [0.717, 1.165) is 12.1 Å². The molecule has 1 aromatic heterocycles. The van der Waals surface area contributed by atoms with E-state index in [2.05, 4.69) is 10.6 Å². The topological polar surface area (TPSA) is 253 Å². The second-order valence-electron chi connectivity index (χ2n) is 10.5. The molecule has 1 heterocycles. The summed E-state index contributed by atoms with van der Waals surface area (Å²) < 4.78 is 137. The van der Waals surface area contributed by atoms with Gasteiger partial charge in [-0.3, -0.25) is 18.2 Å². The van der Waals surface area contributed by atoms with Crippen molar-refractivity contribution in [3.8, 4) is 11.1 Å². The van der Waals surface area contributed by atoms with Gasteiger partial charge >= 0.3 is 11.2 Å². The molecule has 0 aliphatic carbocycles. The van der Waals surface area contributed by atoms with Crippen LogP contribution in [0.3, 0.4) is 0 Å². The monoisotopic (exact) mass is 719 g/mol. The highest BCUT2D eigenvalue weighted by molar-refractivity contribution is 7.87. The highest BCUT2D eigenvalue weighted by Gasteiger charge is 2.28. The molecular formula is C27H31N2O13S4+. The van der Waals surface area contributed by atoms with Crippen LogP contribution in [0.5, 0.6) is 0 Å². The zero-order chi connectivity index (χ0) is 34.2. The van der Waals surface area contributed by atoms with Gasteiger partial charge in [-0.15, -0.1) is 0 Å². The first-order valence-electron chi connectivity index (χ1n) is 13.5. The summed E-state index contributed by atoms with van der Waals surface area (Å²) in [7, 11) is -18.2. The molecule has 0 saturated heterocycles. The fourth-order valence-corrected chi connectivity index (χ4v) is 7.23. The van der Waals surface area contributed by atoms with E-state index in [-0.39, 0.29) is 48.2 Å². The summed E-state index contributed by atoms with van der Waals surface area (Å²) in [5.74, 6) is -0.938. The molecule has 4 rings (SSSR count). The quantitative estimate of drug-likeness (QED) is 0.0494. The molecule has 0 bridgehead atoms. The second-order valence-corrected chi connectivity index (χ2v) is 16.5. The minimum Gasteiger partial charge on any atom is -0.385 e. The standard InChI is InChI=1S/C27H30N2O13S4/c1-16-11-20-24(14-22(16)28-7-3-9-43(30,31)32)42-25-15-23(29-8-4-10-44(33,34)35)17(2)12-21(25)27(20)19-6-5-18(45(36,37)38)13-26(19)46(39,40)41/h5-6,11-15,28-29H,3-4,7-10H2,1-2H3,(H3-,30,31,32,33,34,35,36,37,38,39,40,41)/p+1. The summed E-state index contributed by atoms with van der Waals surface area (Å²) >= 11 is 0. The lowest BCUT2D eigenvalue weighted by Gasteiger charge is -2.14. The van der Waals surface area contributed by atoms with Gasteiger partial charge in [0.2, 0.25) is 0 Å². The van der Waals surface area contributed by atoms with Crippen LogP contribution in [0.2, 0.25) is 0 Å². The molecule has 0 aliphatic heterocycles. The van der Waals surface area contributed by atoms with E-state index in [4.69, 9.17) is 13.5 Å². The molecule has 0 radical (unpaired) electrons. The van der Waals surface area contributed by atoms with Crippen LogP contribution >= 0.6 is 0 Å². The molecule has 0 amide bonds. The van der Waals surface area contributed by atoms with Crippen molar-refractivity contribution in [2.24, 2.45) is 0 Å². The maximum atomic E-state index is 12.6. The third-order valence-corrected chi connectivity index (χ3v) is 10.4. The summed E-state index contributed by atoms with van der Waals surface area (Å²) in [6.45, 7) is 3.75. The van der Waals surface area contributed by atoms with E-state index in [9.17, 15) is 42.8 Å². The Morgan fingerprint density at radius 2 is 1.09 bits per heavy atom. The Morgan fingerprint density at radius 1 is 0.630 bits per heavy atom. The van der Waals surface area contributed by atoms with Crippen LogP contribution in [-0.4, -0.2) is 76.5 Å². The lowest BCUT2D eigenvalue weighted by Crippen LogP contribution is -2.11. The number of aryl methyl sites for hydroxylation is 2. The first-order valence-corrected chi connectivity index (χ1v) is 19.6. The van der Waals surface area contributed by atoms with E-state index in [0.29, 0.717) is 39.3 Å². The largest absolute Gasteiger partial charge is 0.385 e. The second kappa shape index (κ2) is 13.0. The molecule has 19 heteroatoms. The van der Waals surface area contributed by atoms with Crippen molar-refractivity contribution in [3.63, 3.8) is 0 Å². The number of rotatable bonds is 13. The Balaban J connectivity index is 1.97. The molecule has 0 atom stereocenters. The van der Waals surface area contributed by atoms with Crippen LogP contribution in [0.1, 0.15) is 24.0 Å². The Kier molecular flexibility index (Phi) is 10.0. The SMILES string of the molecule is Cc1cc2c(-c3ccc(S(=O)(=O)O)cc3S(=O)(=O)O)c3cc(C)c(NCCCS(=O)(=O)O)cc3[o+]c2cc1NCCCS(=O)(=O)O. The van der Waals surface area contributed by atoms with Gasteiger partial charge in [0, 0.05) is 35.6 Å². The fourth-order valence-electron chi connectivity index (χ4n) is 4.91. The van der Waals surface area contributed by atoms with E-state index < -0.39 is 61.8 Å². The van der Waals surface area contributed by atoms with E-state index >= 15 is 0 Å². The fraction of sp³-hybridized carbons (Fsp3) is 0.296. The minimum atomic E-state index is -5.06. The maximum Gasteiger partial charge on any atom is 0.363 e. The Labute approximate surface area is 265 Å². The summed E-state index contributed by atoms with van der Waals surface area (Å²) in [6.07, 6.45) is 0.167. The smallest absolute Gasteiger partial charge is 0.363 e. The Morgan fingerprint density at radius 3 is 1.48 bits per heavy atom. The summed E-state index contributed by atoms with van der Waals surface area (Å²) in [6, 6.07) is 9.22. The molecular weight excluding hydrogens is 689 g/mol. The van der Waals surface area contributed by atoms with Gasteiger partial charge in [0.1, 0.15) is 4.90 Å². The first kappa shape index (κ1) is 35.4. The van der Waals surface area contributed by atoms with Crippen LogP contribution in [0.4, 0.5) is 11.4 Å². The summed E-state index contributed by atoms with van der Waals surface area (Å²) in [5.41, 5.74) is 2.79. The molecule has 3 aromatic carbocycles. The van der Waals surface area contributed by atoms with Gasteiger partial charge < -0.3 is 10.6 Å². The van der Waals surface area contributed by atoms with Gasteiger partial charge in [0.25, 0.3) is 40.5 Å². The van der Waals surface area contributed by atoms with Gasteiger partial charge in [-0.05, 0) is 62.1 Å². The zero-order valence-corrected chi connectivity index (χ0v) is 27.6. The molecule has 15 nitrogen and oxygen atoms in total. The first-order chi connectivity index (χ1) is 21.1. The van der Waals surface area contributed by atoms with Gasteiger partial charge in [-0.2, -0.15) is 33.7 Å². The van der Waals surface area contributed by atoms with Crippen molar-refractivity contribution in [2.75, 3.05) is 35.2 Å². The van der Waals surface area contributed by atoms with E-state index in [1.54, 1.807) is 38.1 Å². The molecule has 6 N–H and O–H groups in total. The average Bonchev–Trinajstić information content (AvgIpc) is 2.90. The van der Waals surface area contributed by atoms with Crippen molar-refractivity contribution in [1.29, 1.82) is 0 Å².